The van der Waals surface area contributed by atoms with Crippen molar-refractivity contribution in [2.45, 2.75) is 50.7 Å². The van der Waals surface area contributed by atoms with Crippen molar-refractivity contribution in [2.75, 3.05) is 11.9 Å². The van der Waals surface area contributed by atoms with Gasteiger partial charge in [-0.15, -0.1) is 0 Å². The second kappa shape index (κ2) is 5.11. The summed E-state index contributed by atoms with van der Waals surface area (Å²) in [5.41, 5.74) is -0.299. The molecule has 1 unspecified atom stereocenters. The van der Waals surface area contributed by atoms with Crippen LogP contribution in [0.25, 0.3) is 0 Å². The quantitative estimate of drug-likeness (QED) is 0.650. The molecule has 0 saturated carbocycles. The number of amides is 3. The number of likely N-dealkylation sites (tertiary alicyclic amines) is 1. The predicted molar refractivity (Wildman–Crippen MR) is 99.2 cm³/mol. The Balaban J connectivity index is 1.77. The molecular weight excluding hydrogens is 366 g/mol. The van der Waals surface area contributed by atoms with E-state index in [1.165, 1.54) is 4.90 Å². The summed E-state index contributed by atoms with van der Waals surface area (Å²) in [7, 11) is 0. The molecule has 3 saturated heterocycles. The molecule has 1 spiro atoms. The van der Waals surface area contributed by atoms with E-state index in [4.69, 9.17) is 11.6 Å². The molecule has 1 aromatic rings. The number of imide groups is 1. The third kappa shape index (κ3) is 1.83. The van der Waals surface area contributed by atoms with Gasteiger partial charge in [-0.2, -0.15) is 0 Å². The molecule has 1 aromatic carbocycles. The number of benzene rings is 1. The third-order valence-corrected chi connectivity index (χ3v) is 7.19. The van der Waals surface area contributed by atoms with Crippen LogP contribution in [0.15, 0.2) is 18.2 Å². The minimum atomic E-state index is -1.06. The number of rotatable bonds is 0. The molecule has 5 rings (SSSR count). The number of carbonyl (C=O) groups is 3. The molecule has 2 N–H and O–H groups in total. The molecule has 0 aliphatic carbocycles. The predicted octanol–water partition coefficient (Wildman–Crippen LogP) is 0.948. The number of para-hydroxylation sites is 1. The summed E-state index contributed by atoms with van der Waals surface area (Å²) >= 11 is 6.36. The molecule has 142 valence electrons. The van der Waals surface area contributed by atoms with Crippen molar-refractivity contribution in [1.29, 1.82) is 0 Å². The lowest BCUT2D eigenvalue weighted by Crippen LogP contribution is -3.19. The van der Waals surface area contributed by atoms with Gasteiger partial charge in [0.1, 0.15) is 17.9 Å². The Hall–Kier alpha value is -1.92. The first-order valence-corrected chi connectivity index (χ1v) is 9.93. The van der Waals surface area contributed by atoms with Crippen LogP contribution >= 0.6 is 11.6 Å². The SMILES string of the molecule is CC(C)(C)N1C(=O)[C@H]2[C@@H](C1=O)[C@]1(C(=O)Nc3c(Cl)cccc31)[NH+]1CCC[C@@H]21. The molecule has 27 heavy (non-hydrogen) atoms. The number of nitrogens with one attached hydrogen (secondary N) is 2. The van der Waals surface area contributed by atoms with Gasteiger partial charge in [0, 0.05) is 23.9 Å². The normalized spacial score (nSPS) is 37.0. The van der Waals surface area contributed by atoms with Crippen LogP contribution in [0.2, 0.25) is 5.02 Å². The number of quaternary nitrogens is 1. The topological polar surface area (TPSA) is 70.9 Å². The molecule has 5 atom stereocenters. The highest BCUT2D eigenvalue weighted by atomic mass is 35.5. The molecule has 4 aliphatic rings. The van der Waals surface area contributed by atoms with E-state index >= 15 is 0 Å². The van der Waals surface area contributed by atoms with Crippen LogP contribution in [-0.2, 0) is 19.9 Å². The van der Waals surface area contributed by atoms with E-state index in [0.717, 1.165) is 29.8 Å². The Kier molecular flexibility index (Phi) is 3.26. The second-order valence-electron chi connectivity index (χ2n) is 9.13. The largest absolute Gasteiger partial charge is 0.318 e. The first kappa shape index (κ1) is 17.2. The van der Waals surface area contributed by atoms with Gasteiger partial charge in [-0.1, -0.05) is 17.7 Å². The first-order valence-electron chi connectivity index (χ1n) is 9.55. The van der Waals surface area contributed by atoms with Crippen molar-refractivity contribution in [3.8, 4) is 0 Å². The Morgan fingerprint density at radius 1 is 1.22 bits per heavy atom. The summed E-state index contributed by atoms with van der Waals surface area (Å²) in [4.78, 5) is 42.8. The Labute approximate surface area is 162 Å². The standard InChI is InChI=1S/C20H22ClN3O3/c1-19(2,3)24-16(25)13-12-8-5-9-23(12)20(14(13)17(24)26)10-6-4-7-11(21)15(10)22-18(20)27/h4,6-7,12-14H,5,8-9H2,1-3H3,(H,22,27)/p+1/t12-,13+,14-,20+/m0/s1. The van der Waals surface area contributed by atoms with Crippen molar-refractivity contribution in [3.05, 3.63) is 28.8 Å². The highest BCUT2D eigenvalue weighted by Crippen LogP contribution is 2.53. The average molecular weight is 389 g/mol. The molecule has 0 radical (unpaired) electrons. The number of fused-ring (bicyclic) bond motifs is 7. The van der Waals surface area contributed by atoms with Gasteiger partial charge in [0.15, 0.2) is 0 Å². The summed E-state index contributed by atoms with van der Waals surface area (Å²) in [6.45, 7) is 6.40. The Bertz CT molecular complexity index is 908. The maximum atomic E-state index is 13.6. The molecule has 6 nitrogen and oxygen atoms in total. The maximum absolute atomic E-state index is 13.6. The highest BCUT2D eigenvalue weighted by Gasteiger charge is 2.78. The van der Waals surface area contributed by atoms with Crippen LogP contribution in [-0.4, -0.2) is 40.7 Å². The number of nitrogens with zero attached hydrogens (tertiary/aromatic N) is 1. The van der Waals surface area contributed by atoms with E-state index in [0.29, 0.717) is 10.7 Å². The summed E-state index contributed by atoms with van der Waals surface area (Å²) in [5.74, 6) is -1.64. The highest BCUT2D eigenvalue weighted by molar-refractivity contribution is 6.35. The summed E-state index contributed by atoms with van der Waals surface area (Å²) < 4.78 is 0. The number of hydrogen-bond acceptors (Lipinski definition) is 3. The number of carbonyl (C=O) groups excluding carboxylic acids is 3. The van der Waals surface area contributed by atoms with Crippen molar-refractivity contribution < 1.29 is 19.3 Å². The van der Waals surface area contributed by atoms with Crippen LogP contribution in [0.3, 0.4) is 0 Å². The zero-order valence-corrected chi connectivity index (χ0v) is 16.4. The maximum Gasteiger partial charge on any atom is 0.291 e. The van der Waals surface area contributed by atoms with Gasteiger partial charge < -0.3 is 10.2 Å². The number of hydrogen-bond donors (Lipinski definition) is 2. The van der Waals surface area contributed by atoms with E-state index in [9.17, 15) is 14.4 Å². The molecule has 3 amide bonds. The summed E-state index contributed by atoms with van der Waals surface area (Å²) in [5, 5.41) is 3.41. The lowest BCUT2D eigenvalue weighted by atomic mass is 9.75. The third-order valence-electron chi connectivity index (χ3n) is 6.87. The van der Waals surface area contributed by atoms with Crippen LogP contribution in [0, 0.1) is 11.8 Å². The lowest BCUT2D eigenvalue weighted by molar-refractivity contribution is -0.948. The lowest BCUT2D eigenvalue weighted by Gasteiger charge is -2.36. The van der Waals surface area contributed by atoms with E-state index in [1.54, 1.807) is 6.07 Å². The smallest absolute Gasteiger partial charge is 0.291 e. The van der Waals surface area contributed by atoms with E-state index in [2.05, 4.69) is 5.32 Å². The van der Waals surface area contributed by atoms with Gasteiger partial charge in [-0.25, -0.2) is 0 Å². The summed E-state index contributed by atoms with van der Waals surface area (Å²) in [6, 6.07) is 5.45. The number of anilines is 1. The second-order valence-corrected chi connectivity index (χ2v) is 9.54. The molecule has 3 fully saturated rings. The van der Waals surface area contributed by atoms with Crippen LogP contribution in [0.4, 0.5) is 5.69 Å². The Morgan fingerprint density at radius 3 is 2.67 bits per heavy atom. The van der Waals surface area contributed by atoms with Gasteiger partial charge in [0.25, 0.3) is 5.91 Å². The fourth-order valence-electron chi connectivity index (χ4n) is 6.11. The molecule has 0 bridgehead atoms. The van der Waals surface area contributed by atoms with E-state index in [1.807, 2.05) is 32.9 Å². The fraction of sp³-hybridized carbons (Fsp3) is 0.550. The molecule has 4 aliphatic heterocycles. The van der Waals surface area contributed by atoms with E-state index in [-0.39, 0.29) is 23.8 Å². The van der Waals surface area contributed by atoms with Crippen molar-refractivity contribution in [3.63, 3.8) is 0 Å². The van der Waals surface area contributed by atoms with Gasteiger partial charge in [-0.05, 0) is 32.9 Å². The zero-order valence-electron chi connectivity index (χ0n) is 15.6. The van der Waals surface area contributed by atoms with Crippen molar-refractivity contribution in [1.82, 2.24) is 4.90 Å². The zero-order chi connectivity index (χ0) is 19.3. The minimum absolute atomic E-state index is 0.00511. The van der Waals surface area contributed by atoms with Crippen LogP contribution in [0.1, 0.15) is 39.2 Å². The van der Waals surface area contributed by atoms with E-state index < -0.39 is 22.9 Å². The molecular formula is C20H23ClN3O3+. The minimum Gasteiger partial charge on any atom is -0.318 e. The van der Waals surface area contributed by atoms with Gasteiger partial charge in [-0.3, -0.25) is 19.3 Å². The first-order chi connectivity index (χ1) is 12.7. The van der Waals surface area contributed by atoms with Crippen LogP contribution in [0.5, 0.6) is 0 Å². The average Bonchev–Trinajstić information content (AvgIpc) is 3.26. The van der Waals surface area contributed by atoms with Crippen molar-refractivity contribution in [2.24, 2.45) is 11.8 Å². The molecule has 7 heteroatoms. The number of halogens is 1. The molecule has 0 aromatic heterocycles. The van der Waals surface area contributed by atoms with Gasteiger partial charge in [0.05, 0.1) is 17.3 Å². The molecule has 4 heterocycles. The fourth-order valence-corrected chi connectivity index (χ4v) is 6.33. The van der Waals surface area contributed by atoms with Gasteiger partial charge in [0.2, 0.25) is 17.4 Å². The Morgan fingerprint density at radius 2 is 1.96 bits per heavy atom. The monoisotopic (exact) mass is 388 g/mol. The summed E-state index contributed by atoms with van der Waals surface area (Å²) in [6.07, 6.45) is 1.81. The van der Waals surface area contributed by atoms with Crippen molar-refractivity contribution >= 4 is 35.0 Å². The van der Waals surface area contributed by atoms with Crippen LogP contribution < -0.4 is 10.2 Å². The van der Waals surface area contributed by atoms with Gasteiger partial charge >= 0.3 is 0 Å².